The van der Waals surface area contributed by atoms with Crippen LogP contribution < -0.4 is 16.0 Å². The molecule has 0 unspecified atom stereocenters. The summed E-state index contributed by atoms with van der Waals surface area (Å²) in [5, 5.41) is 14.3. The summed E-state index contributed by atoms with van der Waals surface area (Å²) in [7, 11) is 0. The molecule has 7 heteroatoms. The molecule has 2 aromatic carbocycles. The van der Waals surface area contributed by atoms with Crippen LogP contribution >= 0.6 is 0 Å². The van der Waals surface area contributed by atoms with Crippen molar-refractivity contribution in [1.29, 1.82) is 0 Å². The molecule has 3 aromatic rings. The van der Waals surface area contributed by atoms with Gasteiger partial charge in [0.05, 0.1) is 17.9 Å². The number of nitrogens with zero attached hydrogens (tertiary/aromatic N) is 3. The van der Waals surface area contributed by atoms with Gasteiger partial charge in [-0.25, -0.2) is 9.67 Å². The zero-order valence-corrected chi connectivity index (χ0v) is 20.0. The van der Waals surface area contributed by atoms with Gasteiger partial charge in [0, 0.05) is 30.9 Å². The molecule has 0 bridgehead atoms. The number of hydrogen-bond acceptors (Lipinski definition) is 3. The molecule has 0 aliphatic rings. The third kappa shape index (κ3) is 6.94. The second kappa shape index (κ2) is 11.9. The molecule has 0 spiro atoms. The van der Waals surface area contributed by atoms with Gasteiger partial charge in [-0.05, 0) is 62.6 Å². The van der Waals surface area contributed by atoms with Crippen LogP contribution in [-0.4, -0.2) is 28.2 Å². The molecule has 0 saturated heterocycles. The monoisotopic (exact) mass is 446 g/mol. The average molecular weight is 447 g/mol. The number of carbonyl (C=O) groups is 1. The molecular formula is C26H34N6O. The third-order valence-corrected chi connectivity index (χ3v) is 5.15. The van der Waals surface area contributed by atoms with E-state index in [1.54, 1.807) is 0 Å². The van der Waals surface area contributed by atoms with Gasteiger partial charge >= 0.3 is 0 Å². The maximum Gasteiger partial charge on any atom is 0.224 e. The minimum atomic E-state index is 0.0441. The van der Waals surface area contributed by atoms with E-state index >= 15 is 0 Å². The minimum Gasteiger partial charge on any atom is -0.357 e. The second-order valence-electron chi connectivity index (χ2n) is 8.01. The van der Waals surface area contributed by atoms with Gasteiger partial charge in [-0.1, -0.05) is 37.3 Å². The smallest absolute Gasteiger partial charge is 0.224 e. The normalized spacial score (nSPS) is 11.3. The summed E-state index contributed by atoms with van der Waals surface area (Å²) in [4.78, 5) is 16.5. The number of para-hydroxylation sites is 1. The van der Waals surface area contributed by atoms with Gasteiger partial charge in [0.25, 0.3) is 0 Å². The van der Waals surface area contributed by atoms with Crippen LogP contribution in [0.3, 0.4) is 0 Å². The lowest BCUT2D eigenvalue weighted by molar-refractivity contribution is -0.116. The molecule has 174 valence electrons. The van der Waals surface area contributed by atoms with Crippen LogP contribution in [0.4, 0.5) is 5.69 Å². The van der Waals surface area contributed by atoms with Gasteiger partial charge in [0.1, 0.15) is 0 Å². The van der Waals surface area contributed by atoms with E-state index < -0.39 is 0 Å². The van der Waals surface area contributed by atoms with Gasteiger partial charge in [-0.2, -0.15) is 5.10 Å². The van der Waals surface area contributed by atoms with Gasteiger partial charge in [0.2, 0.25) is 5.91 Å². The fourth-order valence-electron chi connectivity index (χ4n) is 3.57. The fourth-order valence-corrected chi connectivity index (χ4v) is 3.57. The first-order valence-corrected chi connectivity index (χ1v) is 11.5. The van der Waals surface area contributed by atoms with Crippen LogP contribution in [0.1, 0.15) is 49.2 Å². The lowest BCUT2D eigenvalue weighted by atomic mass is 10.1. The molecule has 1 amide bonds. The second-order valence-corrected chi connectivity index (χ2v) is 8.01. The van der Waals surface area contributed by atoms with Crippen molar-refractivity contribution in [2.75, 3.05) is 11.9 Å². The summed E-state index contributed by atoms with van der Waals surface area (Å²) < 4.78 is 1.98. The van der Waals surface area contributed by atoms with Crippen molar-refractivity contribution in [3.05, 3.63) is 77.1 Å². The lowest BCUT2D eigenvalue weighted by Gasteiger charge is -2.15. The molecule has 3 rings (SSSR count). The van der Waals surface area contributed by atoms with Gasteiger partial charge < -0.3 is 16.0 Å². The first kappa shape index (κ1) is 24.0. The highest BCUT2D eigenvalue weighted by Gasteiger charge is 2.09. The minimum absolute atomic E-state index is 0.0441. The van der Waals surface area contributed by atoms with Crippen molar-refractivity contribution in [3.63, 3.8) is 0 Å². The maximum absolute atomic E-state index is 11.8. The number of hydrogen-bond donors (Lipinski definition) is 3. The number of benzene rings is 2. The fraction of sp³-hybridized carbons (Fsp3) is 0.346. The number of nitrogens with one attached hydrogen (secondary N) is 3. The van der Waals surface area contributed by atoms with E-state index in [1.807, 2.05) is 54.9 Å². The zero-order chi connectivity index (χ0) is 23.6. The Balaban J connectivity index is 1.66. The molecule has 3 N–H and O–H groups in total. The molecule has 0 fully saturated rings. The van der Waals surface area contributed by atoms with Crippen LogP contribution in [-0.2, 0) is 17.9 Å². The van der Waals surface area contributed by atoms with Gasteiger partial charge in [-0.15, -0.1) is 0 Å². The molecule has 1 heterocycles. The quantitative estimate of drug-likeness (QED) is 0.334. The molecule has 0 aliphatic carbocycles. The van der Waals surface area contributed by atoms with E-state index in [1.165, 1.54) is 0 Å². The topological polar surface area (TPSA) is 83.3 Å². The average Bonchev–Trinajstić information content (AvgIpc) is 3.14. The summed E-state index contributed by atoms with van der Waals surface area (Å²) >= 11 is 0. The third-order valence-electron chi connectivity index (χ3n) is 5.15. The highest BCUT2D eigenvalue weighted by atomic mass is 16.1. The van der Waals surface area contributed by atoms with E-state index in [4.69, 9.17) is 4.99 Å². The number of aromatic nitrogens is 2. The Morgan fingerprint density at radius 2 is 1.79 bits per heavy atom. The first-order valence-electron chi connectivity index (χ1n) is 11.5. The van der Waals surface area contributed by atoms with E-state index in [9.17, 15) is 4.79 Å². The predicted octanol–water partition coefficient (Wildman–Crippen LogP) is 4.48. The van der Waals surface area contributed by atoms with Crippen molar-refractivity contribution in [2.45, 2.75) is 53.6 Å². The first-order chi connectivity index (χ1) is 16.0. The zero-order valence-electron chi connectivity index (χ0n) is 20.0. The number of guanidine groups is 1. The highest BCUT2D eigenvalue weighted by molar-refractivity contribution is 5.90. The summed E-state index contributed by atoms with van der Waals surface area (Å²) in [6.07, 6.45) is 1.37. The van der Waals surface area contributed by atoms with Crippen molar-refractivity contribution < 1.29 is 4.79 Å². The number of aryl methyl sites for hydroxylation is 2. The molecule has 0 radical (unpaired) electrons. The van der Waals surface area contributed by atoms with Crippen molar-refractivity contribution in [2.24, 2.45) is 4.99 Å². The number of aliphatic imine (C=N–C) groups is 1. The lowest BCUT2D eigenvalue weighted by Crippen LogP contribution is -2.37. The van der Waals surface area contributed by atoms with E-state index in [-0.39, 0.29) is 5.91 Å². The molecule has 7 nitrogen and oxygen atoms in total. The van der Waals surface area contributed by atoms with Crippen LogP contribution in [0, 0.1) is 13.8 Å². The summed E-state index contributed by atoms with van der Waals surface area (Å²) in [6, 6.07) is 18.2. The maximum atomic E-state index is 11.8. The van der Waals surface area contributed by atoms with Crippen molar-refractivity contribution in [3.8, 4) is 5.69 Å². The Labute approximate surface area is 196 Å². The Morgan fingerprint density at radius 3 is 2.45 bits per heavy atom. The van der Waals surface area contributed by atoms with Crippen LogP contribution in [0.2, 0.25) is 0 Å². The Kier molecular flexibility index (Phi) is 8.63. The SMILES string of the molecule is CCCC(=O)Nc1ccc(CN=C(NCC)NCc2ccccc2-n2nc(C)cc2C)cc1. The highest BCUT2D eigenvalue weighted by Crippen LogP contribution is 2.17. The van der Waals surface area contributed by atoms with E-state index in [0.717, 1.165) is 52.8 Å². The van der Waals surface area contributed by atoms with Gasteiger partial charge in [-0.3, -0.25) is 4.79 Å². The van der Waals surface area contributed by atoms with Crippen LogP contribution in [0.25, 0.3) is 5.69 Å². The number of anilines is 1. The molecule has 0 saturated carbocycles. The van der Waals surface area contributed by atoms with Crippen molar-refractivity contribution in [1.82, 2.24) is 20.4 Å². The summed E-state index contributed by atoms with van der Waals surface area (Å²) in [6.45, 7) is 10.1. The van der Waals surface area contributed by atoms with E-state index in [2.05, 4.69) is 53.1 Å². The van der Waals surface area contributed by atoms with Gasteiger partial charge in [0.15, 0.2) is 5.96 Å². The molecular weight excluding hydrogens is 412 g/mol. The largest absolute Gasteiger partial charge is 0.357 e. The number of carbonyl (C=O) groups excluding carboxylic acids is 1. The molecule has 0 aliphatic heterocycles. The Bertz CT molecular complexity index is 1080. The summed E-state index contributed by atoms with van der Waals surface area (Å²) in [5.74, 6) is 0.795. The van der Waals surface area contributed by atoms with E-state index in [0.29, 0.717) is 19.5 Å². The predicted molar refractivity (Wildman–Crippen MR) is 135 cm³/mol. The van der Waals surface area contributed by atoms with Crippen LogP contribution in [0.15, 0.2) is 59.6 Å². The van der Waals surface area contributed by atoms with Crippen LogP contribution in [0.5, 0.6) is 0 Å². The Hall–Kier alpha value is -3.61. The number of rotatable bonds is 9. The standard InChI is InChI=1S/C26H34N6O/c1-5-9-25(33)30-23-14-12-21(13-15-23)17-28-26(27-6-2)29-18-22-10-7-8-11-24(22)32-20(4)16-19(3)31-32/h7-8,10-16H,5-6,9,17-18H2,1-4H3,(H,30,33)(H2,27,28,29). The summed E-state index contributed by atoms with van der Waals surface area (Å²) in [5.41, 5.74) is 6.19. The molecule has 0 atom stereocenters. The molecule has 1 aromatic heterocycles. The molecule has 33 heavy (non-hydrogen) atoms. The number of amides is 1. The van der Waals surface area contributed by atoms with Crippen molar-refractivity contribution >= 4 is 17.6 Å². The Morgan fingerprint density at radius 1 is 1.03 bits per heavy atom.